The number of piperidine rings is 1. The molecule has 2 N–H and O–H groups in total. The SMILES string of the molecule is CN=C(NCCc1cnn(C)c1)NC1CCN(Cc2ccc(Br)cc2)CC1. The maximum absolute atomic E-state index is 4.37. The Labute approximate surface area is 170 Å². The molecule has 3 rings (SSSR count). The Kier molecular flexibility index (Phi) is 7.29. The molecule has 0 amide bonds. The molecule has 2 aromatic rings. The van der Waals surface area contributed by atoms with Crippen LogP contribution >= 0.6 is 15.9 Å². The van der Waals surface area contributed by atoms with Gasteiger partial charge in [0.15, 0.2) is 5.96 Å². The van der Waals surface area contributed by atoms with Crippen LogP contribution in [0.5, 0.6) is 0 Å². The van der Waals surface area contributed by atoms with Crippen molar-refractivity contribution in [2.75, 3.05) is 26.7 Å². The number of benzene rings is 1. The molecule has 0 spiro atoms. The number of aliphatic imine (C=N–C) groups is 1. The van der Waals surface area contributed by atoms with Crippen molar-refractivity contribution in [2.45, 2.75) is 31.8 Å². The zero-order valence-electron chi connectivity index (χ0n) is 16.2. The van der Waals surface area contributed by atoms with Crippen molar-refractivity contribution in [2.24, 2.45) is 12.0 Å². The normalized spacial score (nSPS) is 16.5. The molecule has 0 bridgehead atoms. The summed E-state index contributed by atoms with van der Waals surface area (Å²) in [5.41, 5.74) is 2.61. The summed E-state index contributed by atoms with van der Waals surface area (Å²) in [4.78, 5) is 6.90. The lowest BCUT2D eigenvalue weighted by Gasteiger charge is -2.33. The van der Waals surface area contributed by atoms with Crippen LogP contribution in [0.3, 0.4) is 0 Å². The number of likely N-dealkylation sites (tertiary alicyclic amines) is 1. The molecule has 27 heavy (non-hydrogen) atoms. The zero-order chi connectivity index (χ0) is 19.1. The lowest BCUT2D eigenvalue weighted by Crippen LogP contribution is -2.48. The van der Waals surface area contributed by atoms with Crippen LogP contribution in [0.2, 0.25) is 0 Å². The summed E-state index contributed by atoms with van der Waals surface area (Å²) >= 11 is 3.50. The van der Waals surface area contributed by atoms with E-state index in [1.54, 1.807) is 0 Å². The highest BCUT2D eigenvalue weighted by atomic mass is 79.9. The molecule has 0 atom stereocenters. The first-order chi connectivity index (χ1) is 13.1. The second kappa shape index (κ2) is 9.90. The summed E-state index contributed by atoms with van der Waals surface area (Å²) < 4.78 is 2.97. The second-order valence-corrected chi connectivity index (χ2v) is 8.01. The van der Waals surface area contributed by atoms with Crippen molar-refractivity contribution >= 4 is 21.9 Å². The summed E-state index contributed by atoms with van der Waals surface area (Å²) in [7, 11) is 3.78. The van der Waals surface area contributed by atoms with Crippen molar-refractivity contribution in [3.63, 3.8) is 0 Å². The fraction of sp³-hybridized carbons (Fsp3) is 0.500. The number of aromatic nitrogens is 2. The van der Waals surface area contributed by atoms with E-state index in [1.807, 2.05) is 25.0 Å². The van der Waals surface area contributed by atoms with Gasteiger partial charge in [-0.15, -0.1) is 0 Å². The van der Waals surface area contributed by atoms with Crippen LogP contribution in [0, 0.1) is 0 Å². The van der Waals surface area contributed by atoms with Gasteiger partial charge >= 0.3 is 0 Å². The Morgan fingerprint density at radius 3 is 2.59 bits per heavy atom. The third kappa shape index (κ3) is 6.36. The van der Waals surface area contributed by atoms with Crippen molar-refractivity contribution in [3.8, 4) is 0 Å². The van der Waals surface area contributed by atoms with Gasteiger partial charge in [-0.25, -0.2) is 0 Å². The van der Waals surface area contributed by atoms with E-state index >= 15 is 0 Å². The van der Waals surface area contributed by atoms with Crippen LogP contribution < -0.4 is 10.6 Å². The highest BCUT2D eigenvalue weighted by Crippen LogP contribution is 2.16. The first-order valence-corrected chi connectivity index (χ1v) is 10.3. The minimum atomic E-state index is 0.482. The molecule has 7 heteroatoms. The monoisotopic (exact) mass is 432 g/mol. The van der Waals surface area contributed by atoms with Gasteiger partial charge in [-0.2, -0.15) is 5.10 Å². The van der Waals surface area contributed by atoms with Crippen LogP contribution in [0.1, 0.15) is 24.0 Å². The number of rotatable bonds is 6. The Hall–Kier alpha value is -1.86. The average molecular weight is 433 g/mol. The summed E-state index contributed by atoms with van der Waals surface area (Å²) in [5.74, 6) is 0.894. The number of hydrogen-bond acceptors (Lipinski definition) is 3. The van der Waals surface area contributed by atoms with E-state index in [1.165, 1.54) is 11.1 Å². The van der Waals surface area contributed by atoms with Gasteiger partial charge in [0, 0.05) is 57.0 Å². The largest absolute Gasteiger partial charge is 0.356 e. The molecule has 0 aliphatic carbocycles. The maximum Gasteiger partial charge on any atom is 0.191 e. The van der Waals surface area contributed by atoms with Gasteiger partial charge in [-0.3, -0.25) is 14.6 Å². The molecule has 0 saturated carbocycles. The molecule has 1 aromatic heterocycles. The van der Waals surface area contributed by atoms with Crippen LogP contribution in [0.25, 0.3) is 0 Å². The first kappa shape index (κ1) is 19.9. The van der Waals surface area contributed by atoms with E-state index < -0.39 is 0 Å². The van der Waals surface area contributed by atoms with Gasteiger partial charge in [0.2, 0.25) is 0 Å². The first-order valence-electron chi connectivity index (χ1n) is 9.54. The highest BCUT2D eigenvalue weighted by Gasteiger charge is 2.20. The van der Waals surface area contributed by atoms with Crippen molar-refractivity contribution in [3.05, 3.63) is 52.3 Å². The predicted molar refractivity (Wildman–Crippen MR) is 114 cm³/mol. The van der Waals surface area contributed by atoms with E-state index in [2.05, 4.69) is 72.0 Å². The molecule has 1 aromatic carbocycles. The predicted octanol–water partition coefficient (Wildman–Crippen LogP) is 2.55. The molecule has 2 heterocycles. The quantitative estimate of drug-likeness (QED) is 0.543. The van der Waals surface area contributed by atoms with Gasteiger partial charge in [0.05, 0.1) is 6.20 Å². The number of halogens is 1. The summed E-state index contributed by atoms with van der Waals surface area (Å²) in [5, 5.41) is 11.2. The molecule has 6 nitrogen and oxygen atoms in total. The standard InChI is InChI=1S/C20H29BrN6/c1-22-20(23-10-7-17-13-24-26(2)14-17)25-19-8-11-27(12-9-19)15-16-3-5-18(21)6-4-16/h3-6,13-14,19H,7-12,15H2,1-2H3,(H2,22,23,25). The van der Waals surface area contributed by atoms with Crippen LogP contribution in [-0.2, 0) is 20.0 Å². The Morgan fingerprint density at radius 2 is 1.96 bits per heavy atom. The van der Waals surface area contributed by atoms with Crippen molar-refractivity contribution in [1.29, 1.82) is 0 Å². The Morgan fingerprint density at radius 1 is 1.22 bits per heavy atom. The van der Waals surface area contributed by atoms with E-state index in [0.29, 0.717) is 6.04 Å². The van der Waals surface area contributed by atoms with E-state index in [4.69, 9.17) is 0 Å². The number of nitrogens with zero attached hydrogens (tertiary/aromatic N) is 4. The molecule has 1 fully saturated rings. The van der Waals surface area contributed by atoms with Gasteiger partial charge in [-0.05, 0) is 42.5 Å². The zero-order valence-corrected chi connectivity index (χ0v) is 17.7. The Balaban J connectivity index is 1.37. The topological polar surface area (TPSA) is 57.5 Å². The van der Waals surface area contributed by atoms with E-state index in [-0.39, 0.29) is 0 Å². The van der Waals surface area contributed by atoms with Crippen LogP contribution in [-0.4, -0.2) is 53.4 Å². The molecule has 0 unspecified atom stereocenters. The molecular formula is C20H29BrN6. The fourth-order valence-corrected chi connectivity index (χ4v) is 3.66. The lowest BCUT2D eigenvalue weighted by atomic mass is 10.0. The molecular weight excluding hydrogens is 404 g/mol. The van der Waals surface area contributed by atoms with E-state index in [0.717, 1.165) is 55.9 Å². The minimum Gasteiger partial charge on any atom is -0.356 e. The third-order valence-corrected chi connectivity index (χ3v) is 5.46. The lowest BCUT2D eigenvalue weighted by molar-refractivity contribution is 0.198. The average Bonchev–Trinajstić information content (AvgIpc) is 3.09. The summed E-state index contributed by atoms with van der Waals surface area (Å²) in [6, 6.07) is 9.11. The number of hydrogen-bond donors (Lipinski definition) is 2. The van der Waals surface area contributed by atoms with Crippen molar-refractivity contribution < 1.29 is 0 Å². The smallest absolute Gasteiger partial charge is 0.191 e. The molecule has 1 aliphatic heterocycles. The van der Waals surface area contributed by atoms with Gasteiger partial charge in [0.25, 0.3) is 0 Å². The maximum atomic E-state index is 4.37. The Bertz CT molecular complexity index is 731. The fourth-order valence-electron chi connectivity index (χ4n) is 3.40. The summed E-state index contributed by atoms with van der Waals surface area (Å²) in [6.07, 6.45) is 7.19. The molecule has 0 radical (unpaired) electrons. The van der Waals surface area contributed by atoms with Crippen LogP contribution in [0.15, 0.2) is 46.1 Å². The second-order valence-electron chi connectivity index (χ2n) is 7.09. The molecule has 1 saturated heterocycles. The highest BCUT2D eigenvalue weighted by molar-refractivity contribution is 9.10. The minimum absolute atomic E-state index is 0.482. The van der Waals surface area contributed by atoms with Gasteiger partial charge in [-0.1, -0.05) is 28.1 Å². The van der Waals surface area contributed by atoms with E-state index in [9.17, 15) is 0 Å². The molecule has 146 valence electrons. The van der Waals surface area contributed by atoms with Crippen LogP contribution in [0.4, 0.5) is 0 Å². The van der Waals surface area contributed by atoms with Crippen molar-refractivity contribution in [1.82, 2.24) is 25.3 Å². The number of guanidine groups is 1. The number of nitrogens with one attached hydrogen (secondary N) is 2. The summed E-state index contributed by atoms with van der Waals surface area (Å²) in [6.45, 7) is 4.10. The third-order valence-electron chi connectivity index (χ3n) is 4.94. The van der Waals surface area contributed by atoms with Gasteiger partial charge < -0.3 is 10.6 Å². The van der Waals surface area contributed by atoms with Gasteiger partial charge in [0.1, 0.15) is 0 Å². The number of aryl methyl sites for hydroxylation is 1. The molecule has 1 aliphatic rings.